The van der Waals surface area contributed by atoms with E-state index in [1.807, 2.05) is 39.0 Å². The van der Waals surface area contributed by atoms with Gasteiger partial charge in [-0.15, -0.1) is 0 Å². The number of aryl methyl sites for hydroxylation is 2. The van der Waals surface area contributed by atoms with Crippen LogP contribution in [0.4, 0.5) is 13.2 Å². The van der Waals surface area contributed by atoms with Gasteiger partial charge in [-0.3, -0.25) is 9.48 Å². The second kappa shape index (κ2) is 8.34. The molecule has 0 saturated carbocycles. The molecular weight excluding hydrogens is 433 g/mol. The van der Waals surface area contributed by atoms with Gasteiger partial charge in [-0.2, -0.15) is 23.4 Å². The summed E-state index contributed by atoms with van der Waals surface area (Å²) in [7, 11) is 1.78. The first kappa shape index (κ1) is 22.5. The summed E-state index contributed by atoms with van der Waals surface area (Å²) in [6.07, 6.45) is -4.68. The molecule has 1 N–H and O–H groups in total. The van der Waals surface area contributed by atoms with Gasteiger partial charge in [-0.25, -0.2) is 9.50 Å². The molecule has 1 amide bonds. The summed E-state index contributed by atoms with van der Waals surface area (Å²) in [5, 5.41) is 10.8. The third-order valence-corrected chi connectivity index (χ3v) is 5.42. The Labute approximate surface area is 188 Å². The van der Waals surface area contributed by atoms with Gasteiger partial charge >= 0.3 is 6.18 Å². The molecule has 3 aromatic heterocycles. The summed E-state index contributed by atoms with van der Waals surface area (Å²) < 4.78 is 43.7. The first-order chi connectivity index (χ1) is 15.5. The van der Waals surface area contributed by atoms with Crippen molar-refractivity contribution < 1.29 is 18.0 Å². The van der Waals surface area contributed by atoms with Crippen LogP contribution >= 0.6 is 0 Å². The van der Waals surface area contributed by atoms with Gasteiger partial charge < -0.3 is 5.32 Å². The summed E-state index contributed by atoms with van der Waals surface area (Å²) >= 11 is 0. The van der Waals surface area contributed by atoms with Gasteiger partial charge in [0.15, 0.2) is 17.0 Å². The van der Waals surface area contributed by atoms with Crippen LogP contribution in [0.25, 0.3) is 16.9 Å². The van der Waals surface area contributed by atoms with Crippen molar-refractivity contribution in [1.82, 2.24) is 29.7 Å². The maximum absolute atomic E-state index is 13.8. The number of nitrogens with zero attached hydrogens (tertiary/aromatic N) is 5. The number of hydrogen-bond acceptors (Lipinski definition) is 4. The molecule has 33 heavy (non-hydrogen) atoms. The second-order valence-electron chi connectivity index (χ2n) is 8.18. The van der Waals surface area contributed by atoms with Gasteiger partial charge in [-0.1, -0.05) is 38.1 Å². The summed E-state index contributed by atoms with van der Waals surface area (Å²) in [5.41, 5.74) is 2.09. The molecule has 0 atom stereocenters. The Morgan fingerprint density at radius 1 is 1.09 bits per heavy atom. The van der Waals surface area contributed by atoms with Crippen LogP contribution in [0.1, 0.15) is 52.9 Å². The average molecular weight is 456 g/mol. The monoisotopic (exact) mass is 456 g/mol. The number of carbonyl (C=O) groups is 1. The number of nitrogens with one attached hydrogen (secondary N) is 1. The number of halogens is 3. The number of hydrogen-bond donors (Lipinski definition) is 1. The Kier molecular flexibility index (Phi) is 5.69. The van der Waals surface area contributed by atoms with Gasteiger partial charge in [0.1, 0.15) is 0 Å². The SMILES string of the molecule is Cc1cc(CNC(=O)c2cc3nc(-c4ccc(C(C)C)cc4)cc(C(F)(F)F)n3n2)nn1C. The van der Waals surface area contributed by atoms with Crippen LogP contribution in [0.2, 0.25) is 0 Å². The Bertz CT molecular complexity index is 1300. The van der Waals surface area contributed by atoms with E-state index < -0.39 is 17.8 Å². The minimum Gasteiger partial charge on any atom is -0.345 e. The molecule has 0 aliphatic carbocycles. The van der Waals surface area contributed by atoms with Crippen LogP contribution < -0.4 is 5.32 Å². The van der Waals surface area contributed by atoms with Crippen LogP contribution in [-0.2, 0) is 19.8 Å². The largest absolute Gasteiger partial charge is 0.433 e. The number of benzene rings is 1. The fourth-order valence-electron chi connectivity index (χ4n) is 3.46. The van der Waals surface area contributed by atoms with Crippen LogP contribution in [0.15, 0.2) is 42.5 Å². The van der Waals surface area contributed by atoms with E-state index in [4.69, 9.17) is 0 Å². The number of alkyl halides is 3. The highest BCUT2D eigenvalue weighted by Crippen LogP contribution is 2.32. The standard InChI is InChI=1S/C23H23F3N6O/c1-13(2)15-5-7-16(8-6-15)18-10-20(23(24,25)26)32-21(28-18)11-19(30-32)22(33)27-12-17-9-14(3)31(4)29-17/h5-11,13H,12H2,1-4H3,(H,27,33). The molecule has 10 heteroatoms. The van der Waals surface area contributed by atoms with Crippen LogP contribution in [-0.4, -0.2) is 30.3 Å². The van der Waals surface area contributed by atoms with Crippen LogP contribution in [0.3, 0.4) is 0 Å². The predicted molar refractivity (Wildman–Crippen MR) is 117 cm³/mol. The van der Waals surface area contributed by atoms with Crippen molar-refractivity contribution >= 4 is 11.6 Å². The fourth-order valence-corrected chi connectivity index (χ4v) is 3.46. The van der Waals surface area contributed by atoms with Gasteiger partial charge in [0.2, 0.25) is 0 Å². The maximum Gasteiger partial charge on any atom is 0.433 e. The predicted octanol–water partition coefficient (Wildman–Crippen LogP) is 4.51. The molecule has 7 nitrogen and oxygen atoms in total. The number of aromatic nitrogens is 5. The maximum atomic E-state index is 13.8. The zero-order valence-electron chi connectivity index (χ0n) is 18.6. The third-order valence-electron chi connectivity index (χ3n) is 5.42. The van der Waals surface area contributed by atoms with Crippen LogP contribution in [0.5, 0.6) is 0 Å². The van der Waals surface area contributed by atoms with Gasteiger partial charge in [0.05, 0.1) is 17.9 Å². The minimum absolute atomic E-state index is 0.0633. The van der Waals surface area contributed by atoms with Crippen LogP contribution in [0, 0.1) is 6.92 Å². The molecule has 0 saturated heterocycles. The van der Waals surface area contributed by atoms with Crippen molar-refractivity contribution in [3.63, 3.8) is 0 Å². The first-order valence-electron chi connectivity index (χ1n) is 10.4. The van der Waals surface area contributed by atoms with E-state index in [-0.39, 0.29) is 23.6 Å². The topological polar surface area (TPSA) is 77.1 Å². The molecule has 4 rings (SSSR count). The zero-order valence-corrected chi connectivity index (χ0v) is 18.6. The average Bonchev–Trinajstić information content (AvgIpc) is 3.33. The summed E-state index contributed by atoms with van der Waals surface area (Å²) in [5.74, 6) is -0.314. The molecule has 0 unspecified atom stereocenters. The lowest BCUT2D eigenvalue weighted by atomic mass is 10.0. The van der Waals surface area contributed by atoms with Gasteiger partial charge in [0, 0.05) is 24.4 Å². The summed E-state index contributed by atoms with van der Waals surface area (Å²) in [6.45, 7) is 6.07. The molecule has 0 radical (unpaired) electrons. The van der Waals surface area contributed by atoms with E-state index in [1.165, 1.54) is 6.07 Å². The number of rotatable bonds is 5. The van der Waals surface area contributed by atoms with Gasteiger partial charge in [-0.05, 0) is 30.5 Å². The second-order valence-corrected chi connectivity index (χ2v) is 8.18. The Morgan fingerprint density at radius 2 is 1.79 bits per heavy atom. The first-order valence-corrected chi connectivity index (χ1v) is 10.4. The number of amides is 1. The smallest absolute Gasteiger partial charge is 0.345 e. The Balaban J connectivity index is 1.68. The van der Waals surface area contributed by atoms with Crippen molar-refractivity contribution in [2.75, 3.05) is 0 Å². The van der Waals surface area contributed by atoms with E-state index in [1.54, 1.807) is 23.9 Å². The highest BCUT2D eigenvalue weighted by atomic mass is 19.4. The molecule has 0 aliphatic heterocycles. The Hall–Kier alpha value is -3.69. The highest BCUT2D eigenvalue weighted by Gasteiger charge is 2.35. The molecule has 1 aromatic carbocycles. The quantitative estimate of drug-likeness (QED) is 0.479. The van der Waals surface area contributed by atoms with Crippen molar-refractivity contribution in [3.8, 4) is 11.3 Å². The molecule has 0 bridgehead atoms. The minimum atomic E-state index is -4.68. The molecule has 172 valence electrons. The molecule has 0 fully saturated rings. The van der Waals surface area contributed by atoms with E-state index in [9.17, 15) is 18.0 Å². The summed E-state index contributed by atoms with van der Waals surface area (Å²) in [4.78, 5) is 16.9. The van der Waals surface area contributed by atoms with E-state index >= 15 is 0 Å². The molecular formula is C23H23F3N6O. The molecule has 3 heterocycles. The van der Waals surface area contributed by atoms with Crippen molar-refractivity contribution in [1.29, 1.82) is 0 Å². The van der Waals surface area contributed by atoms with Gasteiger partial charge in [0.25, 0.3) is 5.91 Å². The molecule has 0 aliphatic rings. The lowest BCUT2D eigenvalue weighted by Gasteiger charge is -2.11. The van der Waals surface area contributed by atoms with E-state index in [0.29, 0.717) is 21.7 Å². The van der Waals surface area contributed by atoms with E-state index in [0.717, 1.165) is 17.3 Å². The number of fused-ring (bicyclic) bond motifs is 1. The zero-order chi connectivity index (χ0) is 23.9. The highest BCUT2D eigenvalue weighted by molar-refractivity contribution is 5.93. The molecule has 4 aromatic rings. The lowest BCUT2D eigenvalue weighted by Crippen LogP contribution is -2.23. The Morgan fingerprint density at radius 3 is 2.36 bits per heavy atom. The van der Waals surface area contributed by atoms with Crippen molar-refractivity contribution in [2.24, 2.45) is 7.05 Å². The van der Waals surface area contributed by atoms with E-state index in [2.05, 4.69) is 20.5 Å². The normalized spacial score (nSPS) is 12.0. The lowest BCUT2D eigenvalue weighted by molar-refractivity contribution is -0.142. The number of carbonyl (C=O) groups excluding carboxylic acids is 1. The van der Waals surface area contributed by atoms with Crippen molar-refractivity contribution in [2.45, 2.75) is 39.4 Å². The fraction of sp³-hybridized carbons (Fsp3) is 0.304. The molecule has 0 spiro atoms. The third kappa shape index (κ3) is 4.59. The van der Waals surface area contributed by atoms with Crippen molar-refractivity contribution in [3.05, 3.63) is 70.8 Å². The summed E-state index contributed by atoms with van der Waals surface area (Å²) in [6, 6.07) is 11.2.